The fourth-order valence-corrected chi connectivity index (χ4v) is 3.95. The van der Waals surface area contributed by atoms with E-state index in [1.54, 1.807) is 19.2 Å². The van der Waals surface area contributed by atoms with Crippen LogP contribution in [0.4, 0.5) is 5.69 Å². The Labute approximate surface area is 175 Å². The topological polar surface area (TPSA) is 67.7 Å². The van der Waals surface area contributed by atoms with Crippen molar-refractivity contribution in [2.45, 2.75) is 20.4 Å². The zero-order valence-electron chi connectivity index (χ0n) is 17.6. The number of amides is 1. The molecular formula is C23H26N4O3. The van der Waals surface area contributed by atoms with Crippen molar-refractivity contribution in [3.05, 3.63) is 64.1 Å². The van der Waals surface area contributed by atoms with E-state index in [1.165, 1.54) is 4.68 Å². The number of hydrogen-bond donors (Lipinski definition) is 0. The molecule has 1 aliphatic rings. The molecular weight excluding hydrogens is 380 g/mol. The minimum absolute atomic E-state index is 0.135. The highest BCUT2D eigenvalue weighted by Gasteiger charge is 2.26. The maximum atomic E-state index is 13.3. The van der Waals surface area contributed by atoms with Crippen LogP contribution in [0.25, 0.3) is 10.8 Å². The number of carbonyl (C=O) groups excluding carboxylic acids is 1. The molecule has 0 saturated carbocycles. The first-order valence-electron chi connectivity index (χ1n) is 10.2. The van der Waals surface area contributed by atoms with E-state index in [9.17, 15) is 9.59 Å². The van der Waals surface area contributed by atoms with Gasteiger partial charge >= 0.3 is 0 Å². The Bertz CT molecular complexity index is 1150. The molecule has 156 valence electrons. The molecule has 7 nitrogen and oxygen atoms in total. The van der Waals surface area contributed by atoms with E-state index in [2.05, 4.69) is 22.1 Å². The van der Waals surface area contributed by atoms with Crippen LogP contribution in [0.3, 0.4) is 0 Å². The Balaban J connectivity index is 1.59. The van der Waals surface area contributed by atoms with Gasteiger partial charge in [0.15, 0.2) is 5.69 Å². The van der Waals surface area contributed by atoms with Gasteiger partial charge in [-0.25, -0.2) is 4.68 Å². The van der Waals surface area contributed by atoms with E-state index in [-0.39, 0.29) is 11.5 Å². The van der Waals surface area contributed by atoms with Crippen molar-refractivity contribution in [2.75, 3.05) is 38.2 Å². The highest BCUT2D eigenvalue weighted by atomic mass is 16.5. The molecule has 0 spiro atoms. The fourth-order valence-electron chi connectivity index (χ4n) is 3.95. The van der Waals surface area contributed by atoms with Crippen LogP contribution >= 0.6 is 0 Å². The number of methoxy groups -OCH3 is 1. The Morgan fingerprint density at radius 1 is 1.07 bits per heavy atom. The third kappa shape index (κ3) is 3.51. The lowest BCUT2D eigenvalue weighted by molar-refractivity contribution is 0.0740. The second kappa shape index (κ2) is 8.18. The molecule has 2 aromatic carbocycles. The lowest BCUT2D eigenvalue weighted by Crippen LogP contribution is -2.49. The van der Waals surface area contributed by atoms with Gasteiger partial charge < -0.3 is 14.5 Å². The Morgan fingerprint density at radius 3 is 2.43 bits per heavy atom. The van der Waals surface area contributed by atoms with Gasteiger partial charge in [0.1, 0.15) is 5.75 Å². The zero-order chi connectivity index (χ0) is 21.3. The molecule has 4 rings (SSSR count). The molecule has 0 unspecified atom stereocenters. The number of anilines is 1. The summed E-state index contributed by atoms with van der Waals surface area (Å²) in [4.78, 5) is 29.9. The summed E-state index contributed by atoms with van der Waals surface area (Å²) in [5.74, 6) is 0.710. The summed E-state index contributed by atoms with van der Waals surface area (Å²) in [6, 6.07) is 13.4. The van der Waals surface area contributed by atoms with Gasteiger partial charge in [0, 0.05) is 38.1 Å². The Kier molecular flexibility index (Phi) is 5.44. The number of aromatic nitrogens is 2. The van der Waals surface area contributed by atoms with Crippen LogP contribution in [0.5, 0.6) is 5.75 Å². The quantitative estimate of drug-likeness (QED) is 0.666. The Hall–Kier alpha value is -3.35. The lowest BCUT2D eigenvalue weighted by Gasteiger charge is -2.36. The average Bonchev–Trinajstić information content (AvgIpc) is 2.79. The number of fused-ring (bicyclic) bond motifs is 1. The molecule has 0 aliphatic carbocycles. The normalized spacial score (nSPS) is 14.2. The van der Waals surface area contributed by atoms with Crippen LogP contribution < -0.4 is 15.2 Å². The molecule has 0 bridgehead atoms. The number of aryl methyl sites for hydroxylation is 2. The number of nitrogens with zero attached hydrogens (tertiary/aromatic N) is 4. The number of ether oxygens (including phenoxy) is 1. The van der Waals surface area contributed by atoms with Crippen LogP contribution in [0.2, 0.25) is 0 Å². The van der Waals surface area contributed by atoms with Gasteiger partial charge in [-0.2, -0.15) is 5.10 Å². The number of hydrogen-bond acceptors (Lipinski definition) is 5. The van der Waals surface area contributed by atoms with Crippen LogP contribution in [0.15, 0.2) is 47.3 Å². The third-order valence-electron chi connectivity index (χ3n) is 5.61. The summed E-state index contributed by atoms with van der Waals surface area (Å²) in [5.41, 5.74) is 2.36. The van der Waals surface area contributed by atoms with Gasteiger partial charge in [-0.3, -0.25) is 9.59 Å². The summed E-state index contributed by atoms with van der Waals surface area (Å²) in [6.07, 6.45) is 0. The maximum absolute atomic E-state index is 13.3. The smallest absolute Gasteiger partial charge is 0.275 e. The number of piperazine rings is 1. The molecule has 0 N–H and O–H groups in total. The number of carbonyl (C=O) groups is 1. The number of rotatable bonds is 4. The summed E-state index contributed by atoms with van der Waals surface area (Å²) in [7, 11) is 1.68. The van der Waals surface area contributed by atoms with Gasteiger partial charge in [-0.1, -0.05) is 24.3 Å². The van der Waals surface area contributed by atoms with Gasteiger partial charge in [0.25, 0.3) is 11.5 Å². The number of benzene rings is 2. The predicted octanol–water partition coefficient (Wildman–Crippen LogP) is 2.70. The van der Waals surface area contributed by atoms with Crippen molar-refractivity contribution < 1.29 is 9.53 Å². The summed E-state index contributed by atoms with van der Waals surface area (Å²) in [5, 5.41) is 5.53. The van der Waals surface area contributed by atoms with Crippen LogP contribution in [-0.2, 0) is 6.54 Å². The van der Waals surface area contributed by atoms with E-state index in [0.717, 1.165) is 17.0 Å². The highest BCUT2D eigenvalue weighted by molar-refractivity contribution is 6.04. The van der Waals surface area contributed by atoms with E-state index < -0.39 is 0 Å². The molecule has 30 heavy (non-hydrogen) atoms. The zero-order valence-corrected chi connectivity index (χ0v) is 17.6. The van der Waals surface area contributed by atoms with E-state index in [0.29, 0.717) is 49.2 Å². The van der Waals surface area contributed by atoms with Crippen molar-refractivity contribution in [3.8, 4) is 5.75 Å². The highest BCUT2D eigenvalue weighted by Crippen LogP contribution is 2.30. The van der Waals surface area contributed by atoms with Crippen molar-refractivity contribution >= 4 is 22.4 Å². The SMILES string of the molecule is CCn1nc(C(=O)N2CCN(c3ccc(C)cc3OC)CC2)c2ccccc2c1=O. The predicted molar refractivity (Wildman–Crippen MR) is 118 cm³/mol. The van der Waals surface area contributed by atoms with Gasteiger partial charge in [0.05, 0.1) is 18.2 Å². The van der Waals surface area contributed by atoms with Crippen molar-refractivity contribution in [2.24, 2.45) is 0 Å². The first-order valence-corrected chi connectivity index (χ1v) is 10.2. The Morgan fingerprint density at radius 2 is 1.77 bits per heavy atom. The molecule has 2 heterocycles. The van der Waals surface area contributed by atoms with Crippen molar-refractivity contribution in [1.29, 1.82) is 0 Å². The van der Waals surface area contributed by atoms with Crippen molar-refractivity contribution in [1.82, 2.24) is 14.7 Å². The van der Waals surface area contributed by atoms with E-state index in [4.69, 9.17) is 4.74 Å². The third-order valence-corrected chi connectivity index (χ3v) is 5.61. The summed E-state index contributed by atoms with van der Waals surface area (Å²) < 4.78 is 6.91. The lowest BCUT2D eigenvalue weighted by atomic mass is 10.1. The van der Waals surface area contributed by atoms with Gasteiger partial charge in [-0.15, -0.1) is 0 Å². The fraction of sp³-hybridized carbons (Fsp3) is 0.348. The van der Waals surface area contributed by atoms with Gasteiger partial charge in [0.2, 0.25) is 0 Å². The first kappa shape index (κ1) is 19.9. The molecule has 1 fully saturated rings. The molecule has 3 aromatic rings. The molecule has 0 atom stereocenters. The summed E-state index contributed by atoms with van der Waals surface area (Å²) in [6.45, 7) is 6.88. The largest absolute Gasteiger partial charge is 0.495 e. The van der Waals surface area contributed by atoms with Crippen molar-refractivity contribution in [3.63, 3.8) is 0 Å². The minimum atomic E-state index is -0.166. The van der Waals surface area contributed by atoms with E-state index >= 15 is 0 Å². The van der Waals surface area contributed by atoms with Gasteiger partial charge in [-0.05, 0) is 37.6 Å². The van der Waals surface area contributed by atoms with Crippen LogP contribution in [0, 0.1) is 6.92 Å². The maximum Gasteiger partial charge on any atom is 0.275 e. The monoisotopic (exact) mass is 406 g/mol. The molecule has 1 aliphatic heterocycles. The second-order valence-corrected chi connectivity index (χ2v) is 7.47. The second-order valence-electron chi connectivity index (χ2n) is 7.47. The molecule has 1 aromatic heterocycles. The summed E-state index contributed by atoms with van der Waals surface area (Å²) >= 11 is 0. The standard InChI is InChI=1S/C23H26N4O3/c1-4-27-22(28)18-8-6-5-7-17(18)21(24-27)23(29)26-13-11-25(12-14-26)19-10-9-16(2)15-20(19)30-3/h5-10,15H,4,11-14H2,1-3H3. The molecule has 0 radical (unpaired) electrons. The molecule has 1 saturated heterocycles. The minimum Gasteiger partial charge on any atom is -0.495 e. The molecule has 1 amide bonds. The average molecular weight is 406 g/mol. The van der Waals surface area contributed by atoms with E-state index in [1.807, 2.05) is 36.9 Å². The van der Waals surface area contributed by atoms with Crippen LogP contribution in [0.1, 0.15) is 23.0 Å². The molecule has 7 heteroatoms. The first-order chi connectivity index (χ1) is 14.5. The van der Waals surface area contributed by atoms with Crippen LogP contribution in [-0.4, -0.2) is 53.9 Å².